The molecule has 9 nitrogen and oxygen atoms in total. The summed E-state index contributed by atoms with van der Waals surface area (Å²) in [6.07, 6.45) is 5.38. The number of carbonyl (C=O) groups excluding carboxylic acids is 2. The van der Waals surface area contributed by atoms with Gasteiger partial charge in [-0.3, -0.25) is 5.32 Å². The van der Waals surface area contributed by atoms with Crippen LogP contribution in [0, 0.1) is 5.92 Å². The standard InChI is InChI=1S/C33H47N5O4/c39-26-27-9-6-16-36(25-27)18-8-20-38-24-23-37(33(38)41)19-7-17-35-21-14-29(15-22-35)42-32(40)34-31-13-5-4-12-30(31)28-10-2-1-3-11-28/h1-5,10-13,27,29,39H,6-9,14-26H2,(H,34,40). The number of carbonyl (C=O) groups is 2. The van der Waals surface area contributed by atoms with Crippen LogP contribution >= 0.6 is 0 Å². The fraction of sp³-hybridized carbons (Fsp3) is 0.576. The van der Waals surface area contributed by atoms with E-state index in [2.05, 4.69) is 15.1 Å². The lowest BCUT2D eigenvalue weighted by molar-refractivity contribution is 0.0581. The van der Waals surface area contributed by atoms with E-state index in [1.807, 2.05) is 64.4 Å². The predicted molar refractivity (Wildman–Crippen MR) is 165 cm³/mol. The minimum atomic E-state index is -0.404. The minimum Gasteiger partial charge on any atom is -0.446 e. The van der Waals surface area contributed by atoms with Crippen LogP contribution in [0.25, 0.3) is 11.1 Å². The zero-order chi connectivity index (χ0) is 29.1. The summed E-state index contributed by atoms with van der Waals surface area (Å²) < 4.78 is 5.78. The summed E-state index contributed by atoms with van der Waals surface area (Å²) in [6.45, 7) is 9.35. The Kier molecular flexibility index (Phi) is 11.1. The maximum Gasteiger partial charge on any atom is 0.411 e. The average Bonchev–Trinajstić information content (AvgIpc) is 3.37. The van der Waals surface area contributed by atoms with E-state index in [1.165, 1.54) is 0 Å². The van der Waals surface area contributed by atoms with Gasteiger partial charge in [0, 0.05) is 58.0 Å². The zero-order valence-electron chi connectivity index (χ0n) is 24.8. The molecule has 3 amide bonds. The third kappa shape index (κ3) is 8.46. The monoisotopic (exact) mass is 577 g/mol. The SMILES string of the molecule is O=C(Nc1ccccc1-c1ccccc1)OC1CCN(CCCN2CCN(CCCN3CCCC(CO)C3)C2=O)CC1. The topological polar surface area (TPSA) is 88.6 Å². The molecule has 0 aromatic heterocycles. The molecule has 5 rings (SSSR count). The van der Waals surface area contributed by atoms with Gasteiger partial charge in [-0.1, -0.05) is 48.5 Å². The van der Waals surface area contributed by atoms with Crippen molar-refractivity contribution in [1.29, 1.82) is 0 Å². The van der Waals surface area contributed by atoms with Crippen LogP contribution in [0.15, 0.2) is 54.6 Å². The number of hydrogen-bond donors (Lipinski definition) is 2. The Hall–Kier alpha value is -3.14. The number of amides is 3. The maximum absolute atomic E-state index is 12.9. The molecule has 9 heteroatoms. The molecule has 3 saturated heterocycles. The van der Waals surface area contributed by atoms with Crippen molar-refractivity contribution in [3.8, 4) is 11.1 Å². The number of nitrogens with one attached hydrogen (secondary N) is 1. The fourth-order valence-electron chi connectivity index (χ4n) is 6.52. The summed E-state index contributed by atoms with van der Waals surface area (Å²) in [4.78, 5) is 34.4. The molecule has 0 spiro atoms. The van der Waals surface area contributed by atoms with Gasteiger partial charge in [-0.15, -0.1) is 0 Å². The van der Waals surface area contributed by atoms with E-state index in [-0.39, 0.29) is 18.7 Å². The molecule has 1 atom stereocenters. The highest BCUT2D eigenvalue weighted by atomic mass is 16.6. The average molecular weight is 578 g/mol. The summed E-state index contributed by atoms with van der Waals surface area (Å²) >= 11 is 0. The number of ether oxygens (including phenoxy) is 1. The van der Waals surface area contributed by atoms with Crippen molar-refractivity contribution in [3.63, 3.8) is 0 Å². The molecule has 3 aliphatic heterocycles. The number of rotatable bonds is 12. The van der Waals surface area contributed by atoms with Crippen molar-refractivity contribution < 1.29 is 19.4 Å². The van der Waals surface area contributed by atoms with Crippen LogP contribution in [0.1, 0.15) is 38.5 Å². The van der Waals surface area contributed by atoms with E-state index in [0.29, 0.717) is 5.92 Å². The normalized spacial score (nSPS) is 20.7. The van der Waals surface area contributed by atoms with Crippen molar-refractivity contribution in [2.24, 2.45) is 5.92 Å². The summed E-state index contributed by atoms with van der Waals surface area (Å²) in [6, 6.07) is 18.0. The van der Waals surface area contributed by atoms with E-state index in [9.17, 15) is 14.7 Å². The molecule has 228 valence electrons. The quantitative estimate of drug-likeness (QED) is 0.384. The number of aliphatic hydroxyl groups is 1. The first-order valence-electron chi connectivity index (χ1n) is 15.8. The number of hydrogen-bond acceptors (Lipinski definition) is 6. The smallest absolute Gasteiger partial charge is 0.411 e. The molecular weight excluding hydrogens is 530 g/mol. The fourth-order valence-corrected chi connectivity index (χ4v) is 6.52. The summed E-state index contributed by atoms with van der Waals surface area (Å²) in [5.41, 5.74) is 2.77. The second kappa shape index (κ2) is 15.4. The van der Waals surface area contributed by atoms with Gasteiger partial charge >= 0.3 is 12.1 Å². The summed E-state index contributed by atoms with van der Waals surface area (Å²) in [5, 5.41) is 12.4. The molecule has 3 heterocycles. The third-order valence-corrected chi connectivity index (χ3v) is 8.90. The minimum absolute atomic E-state index is 0.0849. The highest BCUT2D eigenvalue weighted by molar-refractivity contribution is 5.91. The van der Waals surface area contributed by atoms with Gasteiger partial charge in [-0.05, 0) is 75.7 Å². The van der Waals surface area contributed by atoms with Crippen LogP contribution < -0.4 is 5.32 Å². The number of aliphatic hydroxyl groups excluding tert-OH is 1. The molecule has 0 saturated carbocycles. The van der Waals surface area contributed by atoms with Gasteiger partial charge in [0.15, 0.2) is 0 Å². The second-order valence-corrected chi connectivity index (χ2v) is 11.9. The molecule has 3 aliphatic rings. The van der Waals surface area contributed by atoms with Gasteiger partial charge in [0.05, 0.1) is 5.69 Å². The number of likely N-dealkylation sites (tertiary alicyclic amines) is 2. The van der Waals surface area contributed by atoms with Crippen molar-refractivity contribution in [2.45, 2.75) is 44.6 Å². The second-order valence-electron chi connectivity index (χ2n) is 11.9. The van der Waals surface area contributed by atoms with E-state index in [4.69, 9.17) is 4.74 Å². The first-order valence-corrected chi connectivity index (χ1v) is 15.8. The molecule has 42 heavy (non-hydrogen) atoms. The lowest BCUT2D eigenvalue weighted by Crippen LogP contribution is -2.40. The Morgan fingerprint density at radius 1 is 0.810 bits per heavy atom. The number of nitrogens with zero attached hydrogens (tertiary/aromatic N) is 4. The maximum atomic E-state index is 12.9. The Balaban J connectivity index is 0.955. The first kappa shape index (κ1) is 30.3. The molecule has 1 unspecified atom stereocenters. The lowest BCUT2D eigenvalue weighted by Gasteiger charge is -2.32. The molecule has 3 fully saturated rings. The molecular formula is C33H47N5O4. The van der Waals surface area contributed by atoms with Crippen molar-refractivity contribution in [3.05, 3.63) is 54.6 Å². The Bertz CT molecular complexity index is 1140. The van der Waals surface area contributed by atoms with Crippen LogP contribution in [0.3, 0.4) is 0 Å². The van der Waals surface area contributed by atoms with Crippen molar-refractivity contribution in [1.82, 2.24) is 19.6 Å². The van der Waals surface area contributed by atoms with Crippen LogP contribution in [0.5, 0.6) is 0 Å². The van der Waals surface area contributed by atoms with Gasteiger partial charge < -0.3 is 29.4 Å². The highest BCUT2D eigenvalue weighted by Gasteiger charge is 2.29. The molecule has 0 bridgehead atoms. The van der Waals surface area contributed by atoms with E-state index in [1.54, 1.807) is 0 Å². The number of piperidine rings is 2. The summed E-state index contributed by atoms with van der Waals surface area (Å²) in [7, 11) is 0. The van der Waals surface area contributed by atoms with Gasteiger partial charge in [-0.25, -0.2) is 9.59 Å². The third-order valence-electron chi connectivity index (χ3n) is 8.90. The van der Waals surface area contributed by atoms with Gasteiger partial charge in [0.2, 0.25) is 0 Å². The summed E-state index contributed by atoms with van der Waals surface area (Å²) in [5.74, 6) is 0.411. The van der Waals surface area contributed by atoms with Crippen molar-refractivity contribution >= 4 is 17.8 Å². The van der Waals surface area contributed by atoms with Crippen molar-refractivity contribution in [2.75, 3.05) is 77.4 Å². The molecule has 2 N–H and O–H groups in total. The number of urea groups is 1. The lowest BCUT2D eigenvalue weighted by atomic mass is 9.99. The predicted octanol–water partition coefficient (Wildman–Crippen LogP) is 4.59. The molecule has 0 radical (unpaired) electrons. The zero-order valence-corrected chi connectivity index (χ0v) is 24.8. The van der Waals surface area contributed by atoms with Gasteiger partial charge in [0.1, 0.15) is 6.10 Å². The molecule has 2 aromatic rings. The van der Waals surface area contributed by atoms with Crippen LogP contribution in [0.4, 0.5) is 15.3 Å². The first-order chi connectivity index (χ1) is 20.6. The van der Waals surface area contributed by atoms with Gasteiger partial charge in [0.25, 0.3) is 0 Å². The Labute approximate surface area is 250 Å². The number of para-hydroxylation sites is 1. The van der Waals surface area contributed by atoms with Crippen LogP contribution in [-0.4, -0.2) is 115 Å². The van der Waals surface area contributed by atoms with Crippen LogP contribution in [-0.2, 0) is 4.74 Å². The van der Waals surface area contributed by atoms with Gasteiger partial charge in [-0.2, -0.15) is 0 Å². The number of benzene rings is 2. The van der Waals surface area contributed by atoms with E-state index >= 15 is 0 Å². The van der Waals surface area contributed by atoms with Crippen LogP contribution in [0.2, 0.25) is 0 Å². The Morgan fingerprint density at radius 3 is 2.19 bits per heavy atom. The molecule has 0 aliphatic carbocycles. The Morgan fingerprint density at radius 2 is 1.48 bits per heavy atom. The number of anilines is 1. The molecule has 2 aromatic carbocycles. The largest absolute Gasteiger partial charge is 0.446 e. The van der Waals surface area contributed by atoms with E-state index in [0.717, 1.165) is 121 Å². The highest BCUT2D eigenvalue weighted by Crippen LogP contribution is 2.28. The van der Waals surface area contributed by atoms with E-state index < -0.39 is 6.09 Å².